The molecule has 0 spiro atoms. The molecule has 1 heterocycles. The van der Waals surface area contributed by atoms with Gasteiger partial charge in [0, 0.05) is 21.1 Å². The lowest BCUT2D eigenvalue weighted by Crippen LogP contribution is -2.15. The molecule has 1 aromatic heterocycles. The van der Waals surface area contributed by atoms with Crippen molar-refractivity contribution in [3.63, 3.8) is 0 Å². The molecular formula is C18H14BrFN2OS. The Morgan fingerprint density at radius 1 is 1.25 bits per heavy atom. The molecule has 0 bridgehead atoms. The fourth-order valence-corrected chi connectivity index (χ4v) is 3.54. The van der Waals surface area contributed by atoms with Crippen molar-refractivity contribution >= 4 is 38.9 Å². The number of hydrogen-bond donors (Lipinski definition) is 1. The first-order valence-electron chi connectivity index (χ1n) is 7.27. The predicted octanol–water partition coefficient (Wildman–Crippen LogP) is 5.20. The highest BCUT2D eigenvalue weighted by Crippen LogP contribution is 2.24. The molecule has 0 unspecified atom stereocenters. The van der Waals surface area contributed by atoms with E-state index in [9.17, 15) is 9.18 Å². The van der Waals surface area contributed by atoms with E-state index >= 15 is 0 Å². The van der Waals surface area contributed by atoms with Gasteiger partial charge in [-0.25, -0.2) is 9.37 Å². The minimum absolute atomic E-state index is 0.114. The number of halogens is 2. The van der Waals surface area contributed by atoms with Crippen LogP contribution in [0.3, 0.4) is 0 Å². The monoisotopic (exact) mass is 404 g/mol. The van der Waals surface area contributed by atoms with Crippen LogP contribution in [0.15, 0.2) is 52.3 Å². The molecule has 0 saturated carbocycles. The number of nitrogens with zero attached hydrogens (tertiary/aromatic N) is 1. The van der Waals surface area contributed by atoms with Gasteiger partial charge in [0.1, 0.15) is 10.8 Å². The molecule has 0 aliphatic carbocycles. The second-order valence-corrected chi connectivity index (χ2v) is 7.11. The first-order chi connectivity index (χ1) is 11.5. The van der Waals surface area contributed by atoms with E-state index in [2.05, 4.69) is 26.2 Å². The van der Waals surface area contributed by atoms with Crippen molar-refractivity contribution in [1.82, 2.24) is 4.98 Å². The highest BCUT2D eigenvalue weighted by Gasteiger charge is 2.10. The zero-order valence-corrected chi connectivity index (χ0v) is 15.2. The summed E-state index contributed by atoms with van der Waals surface area (Å²) in [6.07, 6.45) is 0.202. The number of aryl methyl sites for hydroxylation is 1. The van der Waals surface area contributed by atoms with Gasteiger partial charge in [0.2, 0.25) is 5.91 Å². The van der Waals surface area contributed by atoms with Crippen molar-refractivity contribution in [2.45, 2.75) is 13.3 Å². The molecule has 0 atom stereocenters. The molecule has 6 heteroatoms. The molecule has 3 nitrogen and oxygen atoms in total. The van der Waals surface area contributed by atoms with Gasteiger partial charge in [-0.3, -0.25) is 4.79 Å². The molecule has 0 aliphatic heterocycles. The number of anilines is 1. The molecule has 3 rings (SSSR count). The summed E-state index contributed by atoms with van der Waals surface area (Å²) in [5.41, 5.74) is 3.32. The maximum Gasteiger partial charge on any atom is 0.230 e. The molecule has 0 radical (unpaired) electrons. The SMILES string of the molecule is Cc1cc(Br)ccc1NC(=O)Cc1csc(-c2ccc(F)cc2)n1. The van der Waals surface area contributed by atoms with Crippen LogP contribution in [0, 0.1) is 12.7 Å². The molecule has 0 saturated heterocycles. The summed E-state index contributed by atoms with van der Waals surface area (Å²) in [6.45, 7) is 1.94. The number of carbonyl (C=O) groups excluding carboxylic acids is 1. The second-order valence-electron chi connectivity index (χ2n) is 5.34. The fraction of sp³-hybridized carbons (Fsp3) is 0.111. The summed E-state index contributed by atoms with van der Waals surface area (Å²) in [5, 5.41) is 5.53. The number of aromatic nitrogens is 1. The Balaban J connectivity index is 1.68. The van der Waals surface area contributed by atoms with Gasteiger partial charge in [-0.1, -0.05) is 15.9 Å². The van der Waals surface area contributed by atoms with Crippen LogP contribution < -0.4 is 5.32 Å². The maximum absolute atomic E-state index is 13.0. The quantitative estimate of drug-likeness (QED) is 0.648. The minimum Gasteiger partial charge on any atom is -0.326 e. The number of rotatable bonds is 4. The summed E-state index contributed by atoms with van der Waals surface area (Å²) < 4.78 is 13.9. The van der Waals surface area contributed by atoms with Gasteiger partial charge >= 0.3 is 0 Å². The number of benzene rings is 2. The normalized spacial score (nSPS) is 10.6. The van der Waals surface area contributed by atoms with Gasteiger partial charge in [0.25, 0.3) is 0 Å². The Hall–Kier alpha value is -2.05. The van der Waals surface area contributed by atoms with Gasteiger partial charge in [0.15, 0.2) is 0 Å². The molecule has 24 heavy (non-hydrogen) atoms. The molecule has 2 aromatic carbocycles. The van der Waals surface area contributed by atoms with Gasteiger partial charge in [0.05, 0.1) is 12.1 Å². The first-order valence-corrected chi connectivity index (χ1v) is 8.95. The van der Waals surface area contributed by atoms with Crippen molar-refractivity contribution in [1.29, 1.82) is 0 Å². The standard InChI is InChI=1S/C18H14BrFN2OS/c1-11-8-13(19)4-7-16(11)22-17(23)9-15-10-24-18(21-15)12-2-5-14(20)6-3-12/h2-8,10H,9H2,1H3,(H,22,23). The van der Waals surface area contributed by atoms with Crippen molar-refractivity contribution in [3.05, 3.63) is 69.4 Å². The van der Waals surface area contributed by atoms with E-state index in [0.717, 1.165) is 26.3 Å². The van der Waals surface area contributed by atoms with Gasteiger partial charge in [-0.15, -0.1) is 11.3 Å². The van der Waals surface area contributed by atoms with Crippen molar-refractivity contribution in [2.24, 2.45) is 0 Å². The number of amides is 1. The lowest BCUT2D eigenvalue weighted by Gasteiger charge is -2.08. The lowest BCUT2D eigenvalue weighted by molar-refractivity contribution is -0.115. The third kappa shape index (κ3) is 4.07. The van der Waals surface area contributed by atoms with Crippen molar-refractivity contribution < 1.29 is 9.18 Å². The predicted molar refractivity (Wildman–Crippen MR) is 98.7 cm³/mol. The molecule has 1 amide bonds. The van der Waals surface area contributed by atoms with Crippen molar-refractivity contribution in [3.8, 4) is 10.6 Å². The summed E-state index contributed by atoms with van der Waals surface area (Å²) in [7, 11) is 0. The summed E-state index contributed by atoms with van der Waals surface area (Å²) in [6, 6.07) is 11.9. The van der Waals surface area contributed by atoms with Gasteiger partial charge in [-0.05, 0) is 55.0 Å². The first kappa shape index (κ1) is 16.8. The number of carbonyl (C=O) groups is 1. The fourth-order valence-electron chi connectivity index (χ4n) is 2.24. The lowest BCUT2D eigenvalue weighted by atomic mass is 10.2. The molecule has 3 aromatic rings. The van der Waals surface area contributed by atoms with E-state index in [0.29, 0.717) is 5.69 Å². The van der Waals surface area contributed by atoms with Gasteiger partial charge in [-0.2, -0.15) is 0 Å². The summed E-state index contributed by atoms with van der Waals surface area (Å²) in [5.74, 6) is -0.392. The second kappa shape index (κ2) is 7.23. The molecule has 1 N–H and O–H groups in total. The maximum atomic E-state index is 13.0. The third-order valence-corrected chi connectivity index (χ3v) is 4.88. The number of nitrogens with one attached hydrogen (secondary N) is 1. The topological polar surface area (TPSA) is 42.0 Å². The van der Waals surface area contributed by atoms with E-state index in [4.69, 9.17) is 0 Å². The van der Waals surface area contributed by atoms with Crippen LogP contribution in [0.4, 0.5) is 10.1 Å². The average Bonchev–Trinajstić information content (AvgIpc) is 2.99. The van der Waals surface area contributed by atoms with Crippen LogP contribution in [-0.4, -0.2) is 10.9 Å². The average molecular weight is 405 g/mol. The Kier molecular flexibility index (Phi) is 5.06. The zero-order valence-electron chi connectivity index (χ0n) is 12.8. The molecular weight excluding hydrogens is 391 g/mol. The Labute approximate surface area is 151 Å². The third-order valence-electron chi connectivity index (χ3n) is 3.45. The smallest absolute Gasteiger partial charge is 0.230 e. The summed E-state index contributed by atoms with van der Waals surface area (Å²) >= 11 is 4.84. The number of thiazole rings is 1. The Morgan fingerprint density at radius 3 is 2.71 bits per heavy atom. The van der Waals surface area contributed by atoms with Crippen LogP contribution in [0.25, 0.3) is 10.6 Å². The molecule has 122 valence electrons. The van der Waals surface area contributed by atoms with Crippen LogP contribution in [-0.2, 0) is 11.2 Å². The zero-order chi connectivity index (χ0) is 17.1. The van der Waals surface area contributed by atoms with Crippen LogP contribution in [0.5, 0.6) is 0 Å². The van der Waals surface area contributed by atoms with E-state index in [1.54, 1.807) is 12.1 Å². The van der Waals surface area contributed by atoms with Gasteiger partial charge < -0.3 is 5.32 Å². The number of hydrogen-bond acceptors (Lipinski definition) is 3. The van der Waals surface area contributed by atoms with E-state index in [1.165, 1.54) is 23.5 Å². The van der Waals surface area contributed by atoms with Crippen LogP contribution in [0.2, 0.25) is 0 Å². The highest BCUT2D eigenvalue weighted by atomic mass is 79.9. The molecule has 0 aliphatic rings. The Morgan fingerprint density at radius 2 is 2.00 bits per heavy atom. The Bertz CT molecular complexity index is 877. The largest absolute Gasteiger partial charge is 0.326 e. The van der Waals surface area contributed by atoms with E-state index < -0.39 is 0 Å². The van der Waals surface area contributed by atoms with Crippen LogP contribution >= 0.6 is 27.3 Å². The molecule has 0 fully saturated rings. The summed E-state index contributed by atoms with van der Waals surface area (Å²) in [4.78, 5) is 16.7. The minimum atomic E-state index is -0.278. The van der Waals surface area contributed by atoms with E-state index in [1.807, 2.05) is 30.5 Å². The van der Waals surface area contributed by atoms with E-state index in [-0.39, 0.29) is 18.1 Å². The van der Waals surface area contributed by atoms with Crippen molar-refractivity contribution in [2.75, 3.05) is 5.32 Å². The highest BCUT2D eigenvalue weighted by molar-refractivity contribution is 9.10. The van der Waals surface area contributed by atoms with Crippen LogP contribution in [0.1, 0.15) is 11.3 Å².